The number of thiazole rings is 1. The molecule has 120 valence electrons. The van der Waals surface area contributed by atoms with Gasteiger partial charge < -0.3 is 20.4 Å². The molecule has 0 radical (unpaired) electrons. The Kier molecular flexibility index (Phi) is 5.31. The van der Waals surface area contributed by atoms with Crippen LogP contribution in [0, 0.1) is 0 Å². The molecule has 1 aliphatic carbocycles. The molecule has 1 aromatic heterocycles. The SMILES string of the molecule is CC(=O)O[C@H]1CC[C@@H](ON=C(C(=O)O)c2csc(N)n2)CC1. The number of carboxylic acids is 1. The van der Waals surface area contributed by atoms with Crippen molar-refractivity contribution in [1.82, 2.24) is 4.98 Å². The number of nitrogen functional groups attached to an aromatic ring is 1. The van der Waals surface area contributed by atoms with Crippen LogP contribution in [0.1, 0.15) is 38.3 Å². The number of ether oxygens (including phenoxy) is 1. The topological polar surface area (TPSA) is 124 Å². The number of hydrogen-bond donors (Lipinski definition) is 2. The standard InChI is InChI=1S/C13H17N3O5S/c1-7(17)20-8-2-4-9(5-3-8)21-16-11(12(18)19)10-6-22-13(14)15-10/h6,8-9H,2-5H2,1H3,(H2,14,15)(H,18,19)/t8-,9+. The normalized spacial score (nSPS) is 22.1. The van der Waals surface area contributed by atoms with E-state index in [4.69, 9.17) is 20.4 Å². The monoisotopic (exact) mass is 327 g/mol. The van der Waals surface area contributed by atoms with Crippen LogP contribution in [0.15, 0.2) is 10.5 Å². The van der Waals surface area contributed by atoms with Gasteiger partial charge in [-0.05, 0) is 25.7 Å². The number of hydrogen-bond acceptors (Lipinski definition) is 8. The Bertz CT molecular complexity index is 578. The smallest absolute Gasteiger partial charge is 0.360 e. The number of anilines is 1. The Hall–Kier alpha value is -2.16. The molecule has 0 spiro atoms. The van der Waals surface area contributed by atoms with Crippen LogP contribution in [0.5, 0.6) is 0 Å². The molecule has 0 aromatic carbocycles. The van der Waals surface area contributed by atoms with E-state index in [-0.39, 0.29) is 34.7 Å². The maximum absolute atomic E-state index is 11.2. The number of carbonyl (C=O) groups is 2. The summed E-state index contributed by atoms with van der Waals surface area (Å²) in [5.74, 6) is -1.52. The molecule has 9 heteroatoms. The first-order valence-corrected chi connectivity index (χ1v) is 7.69. The lowest BCUT2D eigenvalue weighted by Crippen LogP contribution is -2.27. The number of aliphatic carboxylic acids is 1. The molecule has 1 fully saturated rings. The van der Waals surface area contributed by atoms with E-state index in [1.165, 1.54) is 12.3 Å². The molecule has 2 rings (SSSR count). The van der Waals surface area contributed by atoms with Crippen molar-refractivity contribution in [3.8, 4) is 0 Å². The number of oxime groups is 1. The Morgan fingerprint density at radius 2 is 2.00 bits per heavy atom. The Morgan fingerprint density at radius 3 is 2.50 bits per heavy atom. The van der Waals surface area contributed by atoms with Gasteiger partial charge in [0, 0.05) is 12.3 Å². The molecule has 0 amide bonds. The molecule has 0 aliphatic heterocycles. The highest BCUT2D eigenvalue weighted by atomic mass is 32.1. The van der Waals surface area contributed by atoms with E-state index in [2.05, 4.69) is 10.1 Å². The fourth-order valence-corrected chi connectivity index (χ4v) is 2.76. The van der Waals surface area contributed by atoms with Gasteiger partial charge in [0.2, 0.25) is 5.71 Å². The van der Waals surface area contributed by atoms with E-state index < -0.39 is 5.97 Å². The molecule has 3 N–H and O–H groups in total. The van der Waals surface area contributed by atoms with Crippen molar-refractivity contribution in [2.24, 2.45) is 5.16 Å². The second-order valence-electron chi connectivity index (χ2n) is 4.93. The predicted molar refractivity (Wildman–Crippen MR) is 79.6 cm³/mol. The third kappa shape index (κ3) is 4.42. The van der Waals surface area contributed by atoms with Gasteiger partial charge in [0.1, 0.15) is 17.9 Å². The minimum Gasteiger partial charge on any atom is -0.476 e. The summed E-state index contributed by atoms with van der Waals surface area (Å²) in [4.78, 5) is 31.3. The molecular formula is C13H17N3O5S. The lowest BCUT2D eigenvalue weighted by molar-refractivity contribution is -0.149. The van der Waals surface area contributed by atoms with Crippen molar-refractivity contribution in [2.45, 2.75) is 44.8 Å². The van der Waals surface area contributed by atoms with Gasteiger partial charge in [0.25, 0.3) is 0 Å². The molecule has 1 aromatic rings. The highest BCUT2D eigenvalue weighted by molar-refractivity contribution is 7.13. The number of carbonyl (C=O) groups excluding carboxylic acids is 1. The fourth-order valence-electron chi connectivity index (χ4n) is 2.21. The maximum atomic E-state index is 11.2. The van der Waals surface area contributed by atoms with E-state index in [1.807, 2.05) is 0 Å². The molecule has 0 unspecified atom stereocenters. The summed E-state index contributed by atoms with van der Waals surface area (Å²) in [5.41, 5.74) is 5.40. The molecule has 22 heavy (non-hydrogen) atoms. The Morgan fingerprint density at radius 1 is 1.36 bits per heavy atom. The van der Waals surface area contributed by atoms with E-state index in [9.17, 15) is 9.59 Å². The van der Waals surface area contributed by atoms with Gasteiger partial charge in [-0.2, -0.15) is 0 Å². The average Bonchev–Trinajstić information content (AvgIpc) is 2.86. The third-order valence-electron chi connectivity index (χ3n) is 3.21. The summed E-state index contributed by atoms with van der Waals surface area (Å²) < 4.78 is 5.13. The highest BCUT2D eigenvalue weighted by Crippen LogP contribution is 2.24. The van der Waals surface area contributed by atoms with Gasteiger partial charge in [0.05, 0.1) is 0 Å². The first kappa shape index (κ1) is 16.2. The lowest BCUT2D eigenvalue weighted by Gasteiger charge is -2.26. The van der Waals surface area contributed by atoms with Crippen LogP contribution in [0.2, 0.25) is 0 Å². The number of nitrogens with zero attached hydrogens (tertiary/aromatic N) is 2. The fraction of sp³-hybridized carbons (Fsp3) is 0.538. The van der Waals surface area contributed by atoms with Crippen molar-refractivity contribution >= 4 is 34.1 Å². The van der Waals surface area contributed by atoms with E-state index in [1.54, 1.807) is 0 Å². The molecular weight excluding hydrogens is 310 g/mol. The number of esters is 1. The van der Waals surface area contributed by atoms with Crippen LogP contribution in [0.4, 0.5) is 5.13 Å². The van der Waals surface area contributed by atoms with Crippen molar-refractivity contribution < 1.29 is 24.3 Å². The van der Waals surface area contributed by atoms with Gasteiger partial charge in [-0.1, -0.05) is 5.16 Å². The van der Waals surface area contributed by atoms with Crippen LogP contribution >= 0.6 is 11.3 Å². The van der Waals surface area contributed by atoms with E-state index in [0.29, 0.717) is 25.7 Å². The van der Waals surface area contributed by atoms with E-state index >= 15 is 0 Å². The number of rotatable bonds is 5. The third-order valence-corrected chi connectivity index (χ3v) is 3.89. The largest absolute Gasteiger partial charge is 0.476 e. The second kappa shape index (κ2) is 7.21. The summed E-state index contributed by atoms with van der Waals surface area (Å²) in [5, 5.41) is 14.7. The van der Waals surface area contributed by atoms with Gasteiger partial charge >= 0.3 is 11.9 Å². The Balaban J connectivity index is 1.92. The summed E-state index contributed by atoms with van der Waals surface area (Å²) in [6.45, 7) is 1.38. The molecule has 0 atom stereocenters. The summed E-state index contributed by atoms with van der Waals surface area (Å²) in [6.07, 6.45) is 2.34. The van der Waals surface area contributed by atoms with Crippen molar-refractivity contribution in [3.63, 3.8) is 0 Å². The number of nitrogens with two attached hydrogens (primary N) is 1. The maximum Gasteiger partial charge on any atom is 0.360 e. The van der Waals surface area contributed by atoms with Gasteiger partial charge in [-0.15, -0.1) is 11.3 Å². The summed E-state index contributed by atoms with van der Waals surface area (Å²) in [6, 6.07) is 0. The minimum atomic E-state index is -1.22. The molecule has 1 heterocycles. The van der Waals surface area contributed by atoms with Crippen molar-refractivity contribution in [3.05, 3.63) is 11.1 Å². The quantitative estimate of drug-likeness (QED) is 0.476. The van der Waals surface area contributed by atoms with Crippen LogP contribution in [0.3, 0.4) is 0 Å². The number of aromatic nitrogens is 1. The van der Waals surface area contributed by atoms with Crippen molar-refractivity contribution in [2.75, 3.05) is 5.73 Å². The minimum absolute atomic E-state index is 0.0985. The average molecular weight is 327 g/mol. The van der Waals surface area contributed by atoms with Crippen molar-refractivity contribution in [1.29, 1.82) is 0 Å². The van der Waals surface area contributed by atoms with Crippen LogP contribution in [0.25, 0.3) is 0 Å². The van der Waals surface area contributed by atoms with Gasteiger partial charge in [0.15, 0.2) is 5.13 Å². The molecule has 1 saturated carbocycles. The first-order valence-electron chi connectivity index (χ1n) is 6.81. The highest BCUT2D eigenvalue weighted by Gasteiger charge is 2.25. The summed E-state index contributed by atoms with van der Waals surface area (Å²) >= 11 is 1.14. The molecule has 0 saturated heterocycles. The molecule has 0 bridgehead atoms. The Labute approximate surface area is 130 Å². The van der Waals surface area contributed by atoms with Crippen LogP contribution in [-0.2, 0) is 19.2 Å². The summed E-state index contributed by atoms with van der Waals surface area (Å²) in [7, 11) is 0. The predicted octanol–water partition coefficient (Wildman–Crippen LogP) is 1.40. The zero-order valence-electron chi connectivity index (χ0n) is 12.0. The van der Waals surface area contributed by atoms with Crippen LogP contribution in [-0.4, -0.2) is 39.9 Å². The van der Waals surface area contributed by atoms with E-state index in [0.717, 1.165) is 11.3 Å². The molecule has 8 nitrogen and oxygen atoms in total. The van der Waals surface area contributed by atoms with Crippen LogP contribution < -0.4 is 5.73 Å². The molecule has 1 aliphatic rings. The zero-order valence-corrected chi connectivity index (χ0v) is 12.8. The zero-order chi connectivity index (χ0) is 16.1. The van der Waals surface area contributed by atoms with Gasteiger partial charge in [-0.3, -0.25) is 4.79 Å². The second-order valence-corrected chi connectivity index (χ2v) is 5.82. The first-order chi connectivity index (χ1) is 10.5. The van der Waals surface area contributed by atoms with Gasteiger partial charge in [-0.25, -0.2) is 9.78 Å². The number of carboxylic acid groups (broad SMARTS) is 1. The lowest BCUT2D eigenvalue weighted by atomic mass is 9.95.